The number of benzene rings is 2. The molecule has 0 radical (unpaired) electrons. The van der Waals surface area contributed by atoms with E-state index in [1.165, 1.54) is 0 Å². The lowest BCUT2D eigenvalue weighted by Crippen LogP contribution is -2.53. The monoisotopic (exact) mass is 474 g/mol. The number of methoxy groups -OCH3 is 1. The number of ether oxygens (including phenoxy) is 2. The lowest BCUT2D eigenvalue weighted by Gasteiger charge is -2.33. The molecular weight excluding hydrogens is 440 g/mol. The van der Waals surface area contributed by atoms with Crippen LogP contribution in [0.1, 0.15) is 52.5 Å². The molecule has 1 atom stereocenters. The summed E-state index contributed by atoms with van der Waals surface area (Å²) in [4.78, 5) is 27.9. The van der Waals surface area contributed by atoms with Crippen molar-refractivity contribution in [1.82, 2.24) is 10.2 Å². The first-order valence-electron chi connectivity index (χ1n) is 11.3. The van der Waals surface area contributed by atoms with Gasteiger partial charge in [-0.1, -0.05) is 30.7 Å². The van der Waals surface area contributed by atoms with Crippen molar-refractivity contribution in [3.05, 3.63) is 59.1 Å². The van der Waals surface area contributed by atoms with Crippen molar-refractivity contribution in [1.29, 1.82) is 0 Å². The average Bonchev–Trinajstić information content (AvgIpc) is 2.77. The summed E-state index contributed by atoms with van der Waals surface area (Å²) < 4.78 is 10.9. The Morgan fingerprint density at radius 1 is 1.03 bits per heavy atom. The molecule has 0 aromatic heterocycles. The number of halogens is 1. The zero-order valence-corrected chi connectivity index (χ0v) is 20.9. The van der Waals surface area contributed by atoms with Gasteiger partial charge in [-0.05, 0) is 75.6 Å². The predicted octanol–water partition coefficient (Wildman–Crippen LogP) is 5.23. The molecule has 6 nitrogen and oxygen atoms in total. The van der Waals surface area contributed by atoms with Gasteiger partial charge in [-0.2, -0.15) is 0 Å². The van der Waals surface area contributed by atoms with E-state index in [9.17, 15) is 9.59 Å². The Bertz CT molecular complexity index is 892. The predicted molar refractivity (Wildman–Crippen MR) is 132 cm³/mol. The van der Waals surface area contributed by atoms with Gasteiger partial charge in [0.05, 0.1) is 13.7 Å². The van der Waals surface area contributed by atoms with Crippen LogP contribution >= 0.6 is 11.6 Å². The molecule has 2 amide bonds. The standard InChI is InChI=1S/C26H35ClN2O4/c1-6-23(25(31)28-26(2,3)4)29(18-19-9-11-20(27)12-10-19)24(30)8-7-17-33-22-15-13-21(32-5)14-16-22/h9-16,23H,6-8,17-18H2,1-5H3,(H,28,31). The smallest absolute Gasteiger partial charge is 0.243 e. The summed E-state index contributed by atoms with van der Waals surface area (Å²) in [5.74, 6) is 1.24. The molecule has 7 heteroatoms. The van der Waals surface area contributed by atoms with Crippen LogP contribution < -0.4 is 14.8 Å². The van der Waals surface area contributed by atoms with Gasteiger partial charge in [0.2, 0.25) is 11.8 Å². The highest BCUT2D eigenvalue weighted by molar-refractivity contribution is 6.30. The fourth-order valence-electron chi connectivity index (χ4n) is 3.39. The number of rotatable bonds is 11. The first-order valence-corrected chi connectivity index (χ1v) is 11.6. The van der Waals surface area contributed by atoms with Gasteiger partial charge in [-0.25, -0.2) is 0 Å². The van der Waals surface area contributed by atoms with Gasteiger partial charge in [0, 0.05) is 23.5 Å². The average molecular weight is 475 g/mol. The largest absolute Gasteiger partial charge is 0.497 e. The highest BCUT2D eigenvalue weighted by atomic mass is 35.5. The first-order chi connectivity index (χ1) is 15.6. The minimum atomic E-state index is -0.560. The second kappa shape index (κ2) is 12.5. The van der Waals surface area contributed by atoms with E-state index in [2.05, 4.69) is 5.32 Å². The van der Waals surface area contributed by atoms with Gasteiger partial charge in [0.1, 0.15) is 17.5 Å². The van der Waals surface area contributed by atoms with Gasteiger partial charge in [-0.3, -0.25) is 9.59 Å². The maximum absolute atomic E-state index is 13.2. The Morgan fingerprint density at radius 2 is 1.64 bits per heavy atom. The minimum absolute atomic E-state index is 0.0841. The van der Waals surface area contributed by atoms with E-state index in [4.69, 9.17) is 21.1 Å². The molecule has 0 fully saturated rings. The van der Waals surface area contributed by atoms with E-state index in [1.54, 1.807) is 24.1 Å². The third-order valence-corrected chi connectivity index (χ3v) is 5.27. The topological polar surface area (TPSA) is 67.9 Å². The molecule has 0 aliphatic rings. The molecular formula is C26H35ClN2O4. The minimum Gasteiger partial charge on any atom is -0.497 e. The van der Waals surface area contributed by atoms with Crippen LogP contribution in [0.2, 0.25) is 5.02 Å². The van der Waals surface area contributed by atoms with Gasteiger partial charge in [0.25, 0.3) is 0 Å². The van der Waals surface area contributed by atoms with Crippen LogP contribution in [0.4, 0.5) is 0 Å². The quantitative estimate of drug-likeness (QED) is 0.453. The fraction of sp³-hybridized carbons (Fsp3) is 0.462. The summed E-state index contributed by atoms with van der Waals surface area (Å²) in [6.45, 7) is 8.45. The van der Waals surface area contributed by atoms with Crippen molar-refractivity contribution >= 4 is 23.4 Å². The van der Waals surface area contributed by atoms with Crippen LogP contribution in [0.25, 0.3) is 0 Å². The van der Waals surface area contributed by atoms with Crippen LogP contribution in [0.15, 0.2) is 48.5 Å². The van der Waals surface area contributed by atoms with E-state index < -0.39 is 6.04 Å². The summed E-state index contributed by atoms with van der Waals surface area (Å²) in [6.07, 6.45) is 1.34. The Kier molecular flexibility index (Phi) is 10.0. The fourth-order valence-corrected chi connectivity index (χ4v) is 3.51. The zero-order valence-electron chi connectivity index (χ0n) is 20.2. The highest BCUT2D eigenvalue weighted by Crippen LogP contribution is 2.19. The lowest BCUT2D eigenvalue weighted by molar-refractivity contribution is -0.142. The molecule has 2 aromatic carbocycles. The van der Waals surface area contributed by atoms with Crippen molar-refractivity contribution in [2.45, 2.75) is 65.1 Å². The van der Waals surface area contributed by atoms with E-state index in [0.717, 1.165) is 17.1 Å². The first kappa shape index (κ1) is 26.5. The summed E-state index contributed by atoms with van der Waals surface area (Å²) in [5, 5.41) is 3.64. The molecule has 0 aliphatic heterocycles. The number of nitrogens with zero attached hydrogens (tertiary/aromatic N) is 1. The number of nitrogens with one attached hydrogen (secondary N) is 1. The van der Waals surface area contributed by atoms with Crippen LogP contribution in [-0.4, -0.2) is 42.0 Å². The Hall–Kier alpha value is -2.73. The third-order valence-electron chi connectivity index (χ3n) is 5.01. The van der Waals surface area contributed by atoms with E-state index in [0.29, 0.717) is 31.0 Å². The van der Waals surface area contributed by atoms with Gasteiger partial charge in [-0.15, -0.1) is 0 Å². The van der Waals surface area contributed by atoms with Gasteiger partial charge < -0.3 is 19.7 Å². The molecule has 1 N–H and O–H groups in total. The van der Waals surface area contributed by atoms with Crippen LogP contribution in [0.5, 0.6) is 11.5 Å². The Balaban J connectivity index is 2.05. The maximum Gasteiger partial charge on any atom is 0.243 e. The number of amides is 2. The number of hydrogen-bond acceptors (Lipinski definition) is 4. The molecule has 33 heavy (non-hydrogen) atoms. The molecule has 1 unspecified atom stereocenters. The molecule has 180 valence electrons. The lowest BCUT2D eigenvalue weighted by atomic mass is 10.0. The molecule has 0 bridgehead atoms. The second-order valence-electron chi connectivity index (χ2n) is 8.94. The van der Waals surface area contributed by atoms with E-state index in [1.807, 2.05) is 64.1 Å². The van der Waals surface area contributed by atoms with Crippen molar-refractivity contribution in [3.63, 3.8) is 0 Å². The Morgan fingerprint density at radius 3 is 2.18 bits per heavy atom. The van der Waals surface area contributed by atoms with Crippen molar-refractivity contribution in [3.8, 4) is 11.5 Å². The molecule has 0 spiro atoms. The summed E-state index contributed by atoms with van der Waals surface area (Å²) in [5.41, 5.74) is 0.537. The maximum atomic E-state index is 13.2. The SMILES string of the molecule is CCC(C(=O)NC(C)(C)C)N(Cc1ccc(Cl)cc1)C(=O)CCCOc1ccc(OC)cc1. The summed E-state index contributed by atoms with van der Waals surface area (Å²) in [7, 11) is 1.61. The normalized spacial score (nSPS) is 12.1. The molecule has 0 saturated carbocycles. The summed E-state index contributed by atoms with van der Waals surface area (Å²) >= 11 is 6.01. The van der Waals surface area contributed by atoms with Gasteiger partial charge >= 0.3 is 0 Å². The van der Waals surface area contributed by atoms with Crippen LogP contribution in [-0.2, 0) is 16.1 Å². The Labute approximate surface area is 202 Å². The van der Waals surface area contributed by atoms with Crippen LogP contribution in [0, 0.1) is 0 Å². The van der Waals surface area contributed by atoms with Crippen molar-refractivity contribution in [2.24, 2.45) is 0 Å². The highest BCUT2D eigenvalue weighted by Gasteiger charge is 2.30. The summed E-state index contributed by atoms with van der Waals surface area (Å²) in [6, 6.07) is 14.1. The van der Waals surface area contributed by atoms with Crippen molar-refractivity contribution < 1.29 is 19.1 Å². The van der Waals surface area contributed by atoms with Crippen LogP contribution in [0.3, 0.4) is 0 Å². The molecule has 2 rings (SSSR count). The van der Waals surface area contributed by atoms with E-state index in [-0.39, 0.29) is 23.8 Å². The number of carbonyl (C=O) groups excluding carboxylic acids is 2. The number of hydrogen-bond donors (Lipinski definition) is 1. The van der Waals surface area contributed by atoms with Gasteiger partial charge in [0.15, 0.2) is 0 Å². The molecule has 0 saturated heterocycles. The third kappa shape index (κ3) is 8.97. The molecule has 2 aromatic rings. The zero-order chi connectivity index (χ0) is 24.4. The molecule has 0 heterocycles. The molecule has 0 aliphatic carbocycles. The van der Waals surface area contributed by atoms with E-state index >= 15 is 0 Å². The number of carbonyl (C=O) groups is 2. The van der Waals surface area contributed by atoms with Crippen molar-refractivity contribution in [2.75, 3.05) is 13.7 Å². The second-order valence-corrected chi connectivity index (χ2v) is 9.38.